The molecule has 0 aliphatic heterocycles. The molecule has 2 N–H and O–H groups in total. The van der Waals surface area contributed by atoms with Crippen molar-refractivity contribution < 1.29 is 9.53 Å². The number of halogens is 1. The first-order valence-corrected chi connectivity index (χ1v) is 6.36. The summed E-state index contributed by atoms with van der Waals surface area (Å²) >= 11 is 4.81. The van der Waals surface area contributed by atoms with Gasteiger partial charge in [-0.15, -0.1) is 11.3 Å². The molecule has 0 radical (unpaired) electrons. The van der Waals surface area contributed by atoms with Gasteiger partial charge < -0.3 is 10.5 Å². The molecule has 84 valence electrons. The highest BCUT2D eigenvalue weighted by Crippen LogP contribution is 2.35. The summed E-state index contributed by atoms with van der Waals surface area (Å²) in [5.74, 6) is -0.393. The van der Waals surface area contributed by atoms with Gasteiger partial charge in [-0.05, 0) is 11.5 Å². The molecule has 0 saturated carbocycles. The third-order valence-electron chi connectivity index (χ3n) is 2.27. The Morgan fingerprint density at radius 1 is 1.56 bits per heavy atom. The van der Waals surface area contributed by atoms with E-state index in [4.69, 9.17) is 10.5 Å². The van der Waals surface area contributed by atoms with E-state index in [1.54, 1.807) is 13.2 Å². The fourth-order valence-corrected chi connectivity index (χ4v) is 3.09. The zero-order chi connectivity index (χ0) is 11.7. The van der Waals surface area contributed by atoms with E-state index >= 15 is 0 Å². The third-order valence-corrected chi connectivity index (χ3v) is 4.35. The van der Waals surface area contributed by atoms with Gasteiger partial charge >= 0.3 is 0 Å². The number of alkyl halides is 1. The number of fused-ring (bicyclic) bond motifs is 1. The lowest BCUT2D eigenvalue weighted by atomic mass is 10.2. The minimum absolute atomic E-state index is 0.171. The van der Waals surface area contributed by atoms with Crippen LogP contribution < -0.4 is 5.73 Å². The Kier molecular flexibility index (Phi) is 3.28. The quantitative estimate of drug-likeness (QED) is 0.886. The zero-order valence-corrected chi connectivity index (χ0v) is 11.0. The van der Waals surface area contributed by atoms with E-state index in [0.29, 0.717) is 4.88 Å². The van der Waals surface area contributed by atoms with Gasteiger partial charge in [-0.3, -0.25) is 4.79 Å². The molecule has 5 heteroatoms. The maximum atomic E-state index is 11.1. The Morgan fingerprint density at radius 3 is 2.94 bits per heavy atom. The molecule has 0 aliphatic rings. The first-order chi connectivity index (χ1) is 7.63. The van der Waals surface area contributed by atoms with Crippen LogP contribution in [0, 0.1) is 0 Å². The van der Waals surface area contributed by atoms with Gasteiger partial charge in [0.1, 0.15) is 5.01 Å². The maximum Gasteiger partial charge on any atom is 0.258 e. The number of amides is 1. The van der Waals surface area contributed by atoms with Crippen LogP contribution in [0.4, 0.5) is 0 Å². The van der Waals surface area contributed by atoms with Crippen molar-refractivity contribution in [3.63, 3.8) is 0 Å². The first kappa shape index (κ1) is 11.6. The summed E-state index contributed by atoms with van der Waals surface area (Å²) < 4.78 is 6.25. The number of methoxy groups -OCH3 is 1. The van der Waals surface area contributed by atoms with Crippen molar-refractivity contribution in [2.45, 2.75) is 5.01 Å². The molecule has 0 aliphatic carbocycles. The summed E-state index contributed by atoms with van der Waals surface area (Å²) in [7, 11) is 1.63. The van der Waals surface area contributed by atoms with Gasteiger partial charge in [0.15, 0.2) is 0 Å². The molecule has 1 atom stereocenters. The highest BCUT2D eigenvalue weighted by atomic mass is 79.9. The highest BCUT2D eigenvalue weighted by molar-refractivity contribution is 9.09. The number of nitrogens with two attached hydrogens (primary N) is 1. The molecule has 2 aromatic rings. The summed E-state index contributed by atoms with van der Waals surface area (Å²) in [5.41, 5.74) is 6.28. The maximum absolute atomic E-state index is 11.1. The van der Waals surface area contributed by atoms with Crippen LogP contribution in [0.25, 0.3) is 10.1 Å². The smallest absolute Gasteiger partial charge is 0.258 e. The summed E-state index contributed by atoms with van der Waals surface area (Å²) in [6, 6.07) is 7.66. The number of benzene rings is 1. The Bertz CT molecular complexity index is 538. The van der Waals surface area contributed by atoms with Gasteiger partial charge in [-0.25, -0.2) is 0 Å². The number of hydrogen-bond donors (Lipinski definition) is 1. The van der Waals surface area contributed by atoms with Crippen LogP contribution in [0.5, 0.6) is 0 Å². The predicted octanol–water partition coefficient (Wildman–Crippen LogP) is 3.04. The SMILES string of the molecule is COC(Br)c1cccc2cc(C(N)=O)sc12. The van der Waals surface area contributed by atoms with Crippen molar-refractivity contribution >= 4 is 43.3 Å². The average Bonchev–Trinajstić information content (AvgIpc) is 2.71. The summed E-state index contributed by atoms with van der Waals surface area (Å²) in [6.07, 6.45) is 0. The van der Waals surface area contributed by atoms with Crippen LogP contribution in [0.15, 0.2) is 24.3 Å². The second-order valence-corrected chi connectivity index (χ2v) is 5.18. The van der Waals surface area contributed by atoms with Gasteiger partial charge in [-0.2, -0.15) is 0 Å². The van der Waals surface area contributed by atoms with Crippen molar-refractivity contribution in [1.29, 1.82) is 0 Å². The molecule has 2 rings (SSSR count). The lowest BCUT2D eigenvalue weighted by molar-refractivity contribution is 0.100. The second kappa shape index (κ2) is 4.53. The Hall–Kier alpha value is -0.910. The Labute approximate surface area is 105 Å². The summed E-state index contributed by atoms with van der Waals surface area (Å²) in [5, 5.41) is 0.841. The molecule has 0 fully saturated rings. The summed E-state index contributed by atoms with van der Waals surface area (Å²) in [6.45, 7) is 0. The number of thiophene rings is 1. The van der Waals surface area contributed by atoms with E-state index < -0.39 is 5.91 Å². The van der Waals surface area contributed by atoms with Crippen LogP contribution in [-0.2, 0) is 4.74 Å². The molecule has 1 aromatic carbocycles. The van der Waals surface area contributed by atoms with E-state index in [9.17, 15) is 4.79 Å². The molecule has 1 heterocycles. The first-order valence-electron chi connectivity index (χ1n) is 4.62. The fourth-order valence-electron chi connectivity index (χ4n) is 1.51. The van der Waals surface area contributed by atoms with Crippen molar-refractivity contribution in [3.8, 4) is 0 Å². The van der Waals surface area contributed by atoms with E-state index in [1.165, 1.54) is 11.3 Å². The number of ether oxygens (including phenoxy) is 1. The van der Waals surface area contributed by atoms with Crippen LogP contribution in [0.1, 0.15) is 20.2 Å². The number of carbonyl (C=O) groups is 1. The minimum Gasteiger partial charge on any atom is -0.365 e. The molecule has 16 heavy (non-hydrogen) atoms. The van der Waals surface area contributed by atoms with E-state index in [2.05, 4.69) is 15.9 Å². The lowest BCUT2D eigenvalue weighted by Gasteiger charge is -2.08. The average molecular weight is 300 g/mol. The highest BCUT2D eigenvalue weighted by Gasteiger charge is 2.14. The van der Waals surface area contributed by atoms with Crippen molar-refractivity contribution in [2.24, 2.45) is 5.73 Å². The lowest BCUT2D eigenvalue weighted by Crippen LogP contribution is -2.07. The largest absolute Gasteiger partial charge is 0.365 e. The summed E-state index contributed by atoms with van der Waals surface area (Å²) in [4.78, 5) is 11.7. The standard InChI is InChI=1S/C11H10BrNO2S/c1-15-10(12)7-4-2-3-6-5-8(11(13)14)16-9(6)7/h2-5,10H,1H3,(H2,13,14). The molecular weight excluding hydrogens is 290 g/mol. The van der Waals surface area contributed by atoms with Gasteiger partial charge in [0.25, 0.3) is 5.91 Å². The Balaban J connectivity index is 2.63. The van der Waals surface area contributed by atoms with Gasteiger partial charge in [0.05, 0.1) is 4.88 Å². The second-order valence-electron chi connectivity index (χ2n) is 3.29. The van der Waals surface area contributed by atoms with Crippen LogP contribution in [-0.4, -0.2) is 13.0 Å². The Morgan fingerprint density at radius 2 is 2.31 bits per heavy atom. The minimum atomic E-state index is -0.393. The number of hydrogen-bond acceptors (Lipinski definition) is 3. The predicted molar refractivity (Wildman–Crippen MR) is 69.0 cm³/mol. The topological polar surface area (TPSA) is 52.3 Å². The van der Waals surface area contributed by atoms with Crippen molar-refractivity contribution in [3.05, 3.63) is 34.7 Å². The van der Waals surface area contributed by atoms with Crippen LogP contribution >= 0.6 is 27.3 Å². The van der Waals surface area contributed by atoms with E-state index in [-0.39, 0.29) is 5.01 Å². The van der Waals surface area contributed by atoms with Crippen LogP contribution in [0.3, 0.4) is 0 Å². The van der Waals surface area contributed by atoms with Gasteiger partial charge in [0, 0.05) is 17.4 Å². The molecule has 1 unspecified atom stereocenters. The number of primary amides is 1. The molecule has 0 bridgehead atoms. The zero-order valence-electron chi connectivity index (χ0n) is 8.57. The molecule has 1 aromatic heterocycles. The molecular formula is C11H10BrNO2S. The van der Waals surface area contributed by atoms with Crippen molar-refractivity contribution in [2.75, 3.05) is 7.11 Å². The molecule has 3 nitrogen and oxygen atoms in total. The molecule has 0 saturated heterocycles. The van der Waals surface area contributed by atoms with Gasteiger partial charge in [0.2, 0.25) is 0 Å². The van der Waals surface area contributed by atoms with Crippen LogP contribution in [0.2, 0.25) is 0 Å². The van der Waals surface area contributed by atoms with Gasteiger partial charge in [-0.1, -0.05) is 34.1 Å². The fraction of sp³-hybridized carbons (Fsp3) is 0.182. The third kappa shape index (κ3) is 1.98. The number of rotatable bonds is 3. The number of carbonyl (C=O) groups excluding carboxylic acids is 1. The van der Waals surface area contributed by atoms with E-state index in [0.717, 1.165) is 15.6 Å². The van der Waals surface area contributed by atoms with Crippen molar-refractivity contribution in [1.82, 2.24) is 0 Å². The normalized spacial score (nSPS) is 12.9. The molecule has 0 spiro atoms. The van der Waals surface area contributed by atoms with E-state index in [1.807, 2.05) is 18.2 Å². The monoisotopic (exact) mass is 299 g/mol. The molecule has 1 amide bonds.